The van der Waals surface area contributed by atoms with Gasteiger partial charge >= 0.3 is 0 Å². The maximum atomic E-state index is 4.15. The second-order valence-corrected chi connectivity index (χ2v) is 7.57. The van der Waals surface area contributed by atoms with Crippen molar-refractivity contribution in [3.05, 3.63) is 96.6 Å². The highest BCUT2D eigenvalue weighted by molar-refractivity contribution is 5.87. The molecule has 6 rings (SSSR count). The maximum absolute atomic E-state index is 4.15. The smallest absolute Gasteiger partial charge is 0.0273 e. The van der Waals surface area contributed by atoms with Crippen LogP contribution in [-0.4, -0.2) is 9.97 Å². The van der Waals surface area contributed by atoms with Crippen molar-refractivity contribution in [3.63, 3.8) is 0 Å². The Morgan fingerprint density at radius 3 is 1.37 bits per heavy atom. The fourth-order valence-electron chi connectivity index (χ4n) is 4.61. The molecule has 1 saturated carbocycles. The lowest BCUT2D eigenvalue weighted by Crippen LogP contribution is -2.03. The molecule has 0 bridgehead atoms. The van der Waals surface area contributed by atoms with E-state index in [-0.39, 0.29) is 5.41 Å². The zero-order chi connectivity index (χ0) is 17.8. The van der Waals surface area contributed by atoms with Crippen LogP contribution in [0.2, 0.25) is 0 Å². The van der Waals surface area contributed by atoms with Crippen molar-refractivity contribution in [1.82, 2.24) is 9.97 Å². The molecule has 0 N–H and O–H groups in total. The molecule has 4 aromatic rings. The third kappa shape index (κ3) is 2.13. The lowest BCUT2D eigenvalue weighted by atomic mass is 9.90. The number of benzene rings is 2. The average Bonchev–Trinajstić information content (AvgIpc) is 3.51. The summed E-state index contributed by atoms with van der Waals surface area (Å²) in [4.78, 5) is 8.30. The molecule has 27 heavy (non-hydrogen) atoms. The summed E-state index contributed by atoms with van der Waals surface area (Å²) in [5.41, 5.74) is 11.1. The van der Waals surface area contributed by atoms with Crippen LogP contribution in [-0.2, 0) is 5.41 Å². The first-order valence-corrected chi connectivity index (χ1v) is 9.45. The van der Waals surface area contributed by atoms with Gasteiger partial charge in [-0.25, -0.2) is 0 Å². The molecule has 2 aromatic carbocycles. The van der Waals surface area contributed by atoms with E-state index in [1.54, 1.807) is 0 Å². The van der Waals surface area contributed by atoms with Gasteiger partial charge in [0.25, 0.3) is 0 Å². The number of hydrogen-bond donors (Lipinski definition) is 0. The molecule has 2 heterocycles. The second-order valence-electron chi connectivity index (χ2n) is 7.57. The van der Waals surface area contributed by atoms with Crippen LogP contribution < -0.4 is 0 Å². The van der Waals surface area contributed by atoms with Crippen molar-refractivity contribution >= 4 is 0 Å². The molecule has 1 fully saturated rings. The molecule has 0 amide bonds. The minimum Gasteiger partial charge on any atom is -0.265 e. The summed E-state index contributed by atoms with van der Waals surface area (Å²) < 4.78 is 0. The molecule has 1 spiro atoms. The standard InChI is InChI=1S/C25H18N2/c1-3-21-22-4-2-20(18-7-13-27-14-8-18)16-24(22)25(9-10-25)23(21)15-19(1)17-5-11-26-12-6-17/h1-8,11-16H,9-10H2. The first-order valence-electron chi connectivity index (χ1n) is 9.45. The van der Waals surface area contributed by atoms with Gasteiger partial charge < -0.3 is 0 Å². The Hall–Kier alpha value is -3.26. The van der Waals surface area contributed by atoms with Gasteiger partial charge in [0, 0.05) is 30.2 Å². The summed E-state index contributed by atoms with van der Waals surface area (Å²) in [5, 5.41) is 0. The Labute approximate surface area is 158 Å². The van der Waals surface area contributed by atoms with E-state index in [2.05, 4.69) is 70.6 Å². The monoisotopic (exact) mass is 346 g/mol. The lowest BCUT2D eigenvalue weighted by Gasteiger charge is -2.13. The fraction of sp³-hybridized carbons (Fsp3) is 0.120. The first-order chi connectivity index (χ1) is 13.4. The second kappa shape index (κ2) is 5.37. The third-order valence-electron chi connectivity index (χ3n) is 6.14. The highest BCUT2D eigenvalue weighted by atomic mass is 14.6. The molecule has 2 aliphatic carbocycles. The molecule has 0 atom stereocenters. The van der Waals surface area contributed by atoms with Crippen LogP contribution in [0.25, 0.3) is 33.4 Å². The number of pyridine rings is 2. The Morgan fingerprint density at radius 1 is 0.519 bits per heavy atom. The number of aromatic nitrogens is 2. The average molecular weight is 346 g/mol. The van der Waals surface area contributed by atoms with E-state index in [0.29, 0.717) is 0 Å². The van der Waals surface area contributed by atoms with E-state index in [1.807, 2.05) is 24.8 Å². The number of nitrogens with zero attached hydrogens (tertiary/aromatic N) is 2. The van der Waals surface area contributed by atoms with Crippen molar-refractivity contribution < 1.29 is 0 Å². The summed E-state index contributed by atoms with van der Waals surface area (Å²) >= 11 is 0. The summed E-state index contributed by atoms with van der Waals surface area (Å²) in [6.45, 7) is 0. The quantitative estimate of drug-likeness (QED) is 0.453. The Kier molecular flexibility index (Phi) is 2.96. The number of rotatable bonds is 2. The van der Waals surface area contributed by atoms with E-state index in [9.17, 15) is 0 Å². The summed E-state index contributed by atoms with van der Waals surface area (Å²) in [6, 6.07) is 22.3. The number of hydrogen-bond acceptors (Lipinski definition) is 2. The maximum Gasteiger partial charge on any atom is 0.0273 e. The molecular weight excluding hydrogens is 328 g/mol. The number of fused-ring (bicyclic) bond motifs is 5. The van der Waals surface area contributed by atoms with Gasteiger partial charge in [0.1, 0.15) is 0 Å². The van der Waals surface area contributed by atoms with Crippen molar-refractivity contribution in [3.8, 4) is 33.4 Å². The molecule has 0 unspecified atom stereocenters. The fourth-order valence-corrected chi connectivity index (χ4v) is 4.61. The molecular formula is C25H18N2. The summed E-state index contributed by atoms with van der Waals surface area (Å²) in [5.74, 6) is 0. The van der Waals surface area contributed by atoms with E-state index in [4.69, 9.17) is 0 Å². The topological polar surface area (TPSA) is 25.8 Å². The van der Waals surface area contributed by atoms with Crippen molar-refractivity contribution in [2.45, 2.75) is 18.3 Å². The minimum absolute atomic E-state index is 0.219. The molecule has 0 aliphatic heterocycles. The zero-order valence-corrected chi connectivity index (χ0v) is 14.9. The van der Waals surface area contributed by atoms with Gasteiger partial charge in [-0.2, -0.15) is 0 Å². The summed E-state index contributed by atoms with van der Waals surface area (Å²) in [6.07, 6.45) is 9.95. The van der Waals surface area contributed by atoms with Crippen LogP contribution in [0.4, 0.5) is 0 Å². The molecule has 0 radical (unpaired) electrons. The molecule has 128 valence electrons. The van der Waals surface area contributed by atoms with Gasteiger partial charge in [-0.05, 0) is 93.7 Å². The molecule has 2 aliphatic rings. The van der Waals surface area contributed by atoms with Gasteiger partial charge in [0.15, 0.2) is 0 Å². The first kappa shape index (κ1) is 14.9. The zero-order valence-electron chi connectivity index (χ0n) is 14.9. The highest BCUT2D eigenvalue weighted by Crippen LogP contribution is 2.63. The van der Waals surface area contributed by atoms with E-state index in [1.165, 1.54) is 57.3 Å². The SMILES string of the molecule is c1cc(-c2ccc3c(c2)C2(CC2)c2cc(-c4ccncc4)ccc2-3)ccn1. The van der Waals surface area contributed by atoms with Crippen LogP contribution in [0.1, 0.15) is 24.0 Å². The normalized spacial score (nSPS) is 15.4. The Bertz CT molecular complexity index is 1070. The van der Waals surface area contributed by atoms with E-state index < -0.39 is 0 Å². The van der Waals surface area contributed by atoms with Gasteiger partial charge in [0.05, 0.1) is 0 Å². The van der Waals surface area contributed by atoms with Crippen molar-refractivity contribution in [1.29, 1.82) is 0 Å². The lowest BCUT2D eigenvalue weighted by molar-refractivity contribution is 0.880. The van der Waals surface area contributed by atoms with Crippen LogP contribution >= 0.6 is 0 Å². The largest absolute Gasteiger partial charge is 0.265 e. The molecule has 2 nitrogen and oxygen atoms in total. The van der Waals surface area contributed by atoms with Gasteiger partial charge in [-0.3, -0.25) is 9.97 Å². The van der Waals surface area contributed by atoms with E-state index in [0.717, 1.165) is 0 Å². The predicted molar refractivity (Wildman–Crippen MR) is 108 cm³/mol. The Balaban J connectivity index is 1.51. The Morgan fingerprint density at radius 2 is 0.963 bits per heavy atom. The van der Waals surface area contributed by atoms with E-state index >= 15 is 0 Å². The van der Waals surface area contributed by atoms with Crippen molar-refractivity contribution in [2.24, 2.45) is 0 Å². The van der Waals surface area contributed by atoms with Crippen LogP contribution in [0.15, 0.2) is 85.5 Å². The molecule has 0 saturated heterocycles. The van der Waals surface area contributed by atoms with Gasteiger partial charge in [-0.1, -0.05) is 24.3 Å². The van der Waals surface area contributed by atoms with Gasteiger partial charge in [-0.15, -0.1) is 0 Å². The minimum atomic E-state index is 0.219. The van der Waals surface area contributed by atoms with Crippen LogP contribution in [0.3, 0.4) is 0 Å². The third-order valence-corrected chi connectivity index (χ3v) is 6.14. The van der Waals surface area contributed by atoms with Gasteiger partial charge in [0.2, 0.25) is 0 Å². The van der Waals surface area contributed by atoms with Crippen LogP contribution in [0.5, 0.6) is 0 Å². The molecule has 2 aromatic heterocycles. The highest BCUT2D eigenvalue weighted by Gasteiger charge is 2.52. The molecule has 2 heteroatoms. The van der Waals surface area contributed by atoms with Crippen molar-refractivity contribution in [2.75, 3.05) is 0 Å². The predicted octanol–water partition coefficient (Wildman–Crippen LogP) is 5.87. The van der Waals surface area contributed by atoms with Crippen LogP contribution in [0, 0.1) is 0 Å². The summed E-state index contributed by atoms with van der Waals surface area (Å²) in [7, 11) is 0.